The number of likely N-dealkylation sites (tertiary alicyclic amines) is 1. The van der Waals surface area contributed by atoms with Crippen molar-refractivity contribution in [2.24, 2.45) is 11.8 Å². The average Bonchev–Trinajstić information content (AvgIpc) is 2.84. The molecule has 0 spiro atoms. The second-order valence-electron chi connectivity index (χ2n) is 6.80. The Bertz CT molecular complexity index is 598. The summed E-state index contributed by atoms with van der Waals surface area (Å²) in [6.45, 7) is 3.71. The van der Waals surface area contributed by atoms with Gasteiger partial charge in [0.05, 0.1) is 12.1 Å². The third kappa shape index (κ3) is 3.84. The highest BCUT2D eigenvalue weighted by molar-refractivity contribution is 6.30. The third-order valence-corrected chi connectivity index (χ3v) is 5.24. The second-order valence-corrected chi connectivity index (χ2v) is 7.23. The van der Waals surface area contributed by atoms with Crippen LogP contribution in [0.5, 0.6) is 0 Å². The van der Waals surface area contributed by atoms with Crippen LogP contribution in [0, 0.1) is 17.7 Å². The van der Waals surface area contributed by atoms with Gasteiger partial charge in [-0.1, -0.05) is 11.6 Å². The van der Waals surface area contributed by atoms with Crippen LogP contribution in [0.25, 0.3) is 0 Å². The summed E-state index contributed by atoms with van der Waals surface area (Å²) in [4.78, 5) is 13.5. The molecule has 1 saturated heterocycles. The van der Waals surface area contributed by atoms with Crippen LogP contribution in [0.4, 0.5) is 4.39 Å². The maximum absolute atomic E-state index is 13.9. The Balaban J connectivity index is 1.64. The summed E-state index contributed by atoms with van der Waals surface area (Å²) >= 11 is 5.95. The molecule has 1 aromatic carbocycles. The molecule has 0 bridgehead atoms. The number of hydrogen-bond donors (Lipinski definition) is 2. The lowest BCUT2D eigenvalue weighted by atomic mass is 9.77. The normalized spacial score (nSPS) is 31.0. The van der Waals surface area contributed by atoms with Crippen molar-refractivity contribution in [2.45, 2.75) is 38.5 Å². The van der Waals surface area contributed by atoms with E-state index in [1.165, 1.54) is 13.0 Å². The first kappa shape index (κ1) is 16.7. The molecule has 0 unspecified atom stereocenters. The minimum Gasteiger partial charge on any atom is -0.391 e. The van der Waals surface area contributed by atoms with Crippen LogP contribution in [0.1, 0.15) is 25.3 Å². The Labute approximate surface area is 140 Å². The zero-order valence-electron chi connectivity index (χ0n) is 13.1. The van der Waals surface area contributed by atoms with E-state index in [2.05, 4.69) is 10.2 Å². The Morgan fingerprint density at radius 3 is 2.78 bits per heavy atom. The molecule has 1 saturated carbocycles. The molecule has 2 aliphatic rings. The molecule has 6 heteroatoms. The Morgan fingerprint density at radius 2 is 2.09 bits per heavy atom. The van der Waals surface area contributed by atoms with Gasteiger partial charge in [0.1, 0.15) is 5.82 Å². The summed E-state index contributed by atoms with van der Waals surface area (Å²) in [6, 6.07) is 4.46. The van der Waals surface area contributed by atoms with Gasteiger partial charge in [-0.2, -0.15) is 0 Å². The number of nitrogens with one attached hydrogen (secondary N) is 1. The summed E-state index contributed by atoms with van der Waals surface area (Å²) in [5.41, 5.74) is 0.607. The monoisotopic (exact) mass is 340 g/mol. The maximum Gasteiger partial charge on any atom is 0.217 e. The van der Waals surface area contributed by atoms with Gasteiger partial charge in [0, 0.05) is 37.1 Å². The predicted molar refractivity (Wildman–Crippen MR) is 86.5 cm³/mol. The number of benzene rings is 1. The van der Waals surface area contributed by atoms with Gasteiger partial charge in [0.15, 0.2) is 0 Å². The highest BCUT2D eigenvalue weighted by atomic mass is 35.5. The van der Waals surface area contributed by atoms with Crippen molar-refractivity contribution in [3.05, 3.63) is 34.6 Å². The number of amides is 1. The Hall–Kier alpha value is -1.17. The van der Waals surface area contributed by atoms with Gasteiger partial charge < -0.3 is 10.4 Å². The van der Waals surface area contributed by atoms with Gasteiger partial charge in [-0.15, -0.1) is 0 Å². The second kappa shape index (κ2) is 6.75. The SMILES string of the molecule is CC(=O)N[C@@H]1C[C@@H]2CN(Cc3cc(Cl)ccc3F)C[C@@H]2C[C@H]1O. The van der Waals surface area contributed by atoms with Crippen molar-refractivity contribution in [1.82, 2.24) is 10.2 Å². The number of halogens is 2. The van der Waals surface area contributed by atoms with Crippen molar-refractivity contribution in [1.29, 1.82) is 0 Å². The van der Waals surface area contributed by atoms with Crippen LogP contribution >= 0.6 is 11.6 Å². The molecule has 4 nitrogen and oxygen atoms in total. The molecule has 1 aromatic rings. The molecule has 1 aliphatic heterocycles. The van der Waals surface area contributed by atoms with E-state index in [0.29, 0.717) is 35.4 Å². The van der Waals surface area contributed by atoms with Crippen molar-refractivity contribution in [2.75, 3.05) is 13.1 Å². The molecule has 3 rings (SSSR count). The number of fused-ring (bicyclic) bond motifs is 1. The molecule has 1 heterocycles. The fourth-order valence-electron chi connectivity index (χ4n) is 3.98. The van der Waals surface area contributed by atoms with E-state index >= 15 is 0 Å². The van der Waals surface area contributed by atoms with Crippen LogP contribution in [-0.2, 0) is 11.3 Å². The molecular formula is C17H22ClFN2O2. The number of carbonyl (C=O) groups is 1. The highest BCUT2D eigenvalue weighted by Crippen LogP contribution is 2.37. The lowest BCUT2D eigenvalue weighted by Gasteiger charge is -2.35. The van der Waals surface area contributed by atoms with Gasteiger partial charge in [-0.3, -0.25) is 9.69 Å². The zero-order chi connectivity index (χ0) is 16.6. The maximum atomic E-state index is 13.9. The van der Waals surface area contributed by atoms with Gasteiger partial charge in [-0.05, 0) is 42.9 Å². The largest absolute Gasteiger partial charge is 0.391 e. The molecule has 2 fully saturated rings. The number of rotatable bonds is 3. The van der Waals surface area contributed by atoms with Crippen LogP contribution < -0.4 is 5.32 Å². The fraction of sp³-hybridized carbons (Fsp3) is 0.588. The number of hydrogen-bond acceptors (Lipinski definition) is 3. The molecule has 23 heavy (non-hydrogen) atoms. The molecular weight excluding hydrogens is 319 g/mol. The van der Waals surface area contributed by atoms with Gasteiger partial charge in [0.25, 0.3) is 0 Å². The molecule has 126 valence electrons. The van der Waals surface area contributed by atoms with E-state index in [9.17, 15) is 14.3 Å². The molecule has 0 radical (unpaired) electrons. The Kier molecular flexibility index (Phi) is 4.90. The summed E-state index contributed by atoms with van der Waals surface area (Å²) in [5.74, 6) is 0.485. The number of aliphatic hydroxyl groups is 1. The molecule has 1 amide bonds. The van der Waals surface area contributed by atoms with E-state index in [-0.39, 0.29) is 17.8 Å². The minimum absolute atomic E-state index is 0.108. The smallest absolute Gasteiger partial charge is 0.217 e. The van der Waals surface area contributed by atoms with Gasteiger partial charge in [-0.25, -0.2) is 4.39 Å². The summed E-state index contributed by atoms with van der Waals surface area (Å²) in [6.07, 6.45) is 0.965. The zero-order valence-corrected chi connectivity index (χ0v) is 13.9. The first-order valence-electron chi connectivity index (χ1n) is 8.04. The quantitative estimate of drug-likeness (QED) is 0.887. The van der Waals surface area contributed by atoms with Gasteiger partial charge in [0.2, 0.25) is 5.91 Å². The van der Waals surface area contributed by atoms with Crippen molar-refractivity contribution >= 4 is 17.5 Å². The summed E-state index contributed by atoms with van der Waals surface area (Å²) < 4.78 is 13.9. The lowest BCUT2D eigenvalue weighted by molar-refractivity contribution is -0.121. The predicted octanol–water partition coefficient (Wildman–Crippen LogP) is 2.19. The van der Waals surface area contributed by atoms with Crippen LogP contribution in [0.15, 0.2) is 18.2 Å². The number of nitrogens with zero attached hydrogens (tertiary/aromatic N) is 1. The van der Waals surface area contributed by atoms with Gasteiger partial charge >= 0.3 is 0 Å². The first-order valence-corrected chi connectivity index (χ1v) is 8.41. The van der Waals surface area contributed by atoms with E-state index in [4.69, 9.17) is 11.6 Å². The highest BCUT2D eigenvalue weighted by Gasteiger charge is 2.41. The third-order valence-electron chi connectivity index (χ3n) is 5.01. The van der Waals surface area contributed by atoms with Crippen LogP contribution in [-0.4, -0.2) is 41.1 Å². The lowest BCUT2D eigenvalue weighted by Crippen LogP contribution is -2.48. The van der Waals surface area contributed by atoms with Crippen LogP contribution in [0.3, 0.4) is 0 Å². The average molecular weight is 341 g/mol. The van der Waals surface area contributed by atoms with E-state index in [0.717, 1.165) is 19.5 Å². The van der Waals surface area contributed by atoms with E-state index in [1.54, 1.807) is 12.1 Å². The van der Waals surface area contributed by atoms with Crippen molar-refractivity contribution in [3.8, 4) is 0 Å². The van der Waals surface area contributed by atoms with E-state index in [1.807, 2.05) is 0 Å². The Morgan fingerprint density at radius 1 is 1.39 bits per heavy atom. The standard InChI is InChI=1S/C17H22ClFN2O2/c1-10(22)20-16-5-11-7-21(8-12(11)6-17(16)23)9-13-4-14(18)2-3-15(13)19/h2-4,11-12,16-17,23H,5-9H2,1H3,(H,20,22)/t11-,12+,16-,17-/m1/s1. The summed E-state index contributed by atoms with van der Waals surface area (Å²) in [5, 5.41) is 13.6. The topological polar surface area (TPSA) is 52.6 Å². The van der Waals surface area contributed by atoms with E-state index < -0.39 is 6.10 Å². The molecule has 0 aromatic heterocycles. The molecule has 4 atom stereocenters. The fourth-order valence-corrected chi connectivity index (χ4v) is 4.17. The minimum atomic E-state index is -0.497. The number of carbonyl (C=O) groups excluding carboxylic acids is 1. The molecule has 2 N–H and O–H groups in total. The number of aliphatic hydroxyl groups excluding tert-OH is 1. The van der Waals surface area contributed by atoms with Crippen LogP contribution in [0.2, 0.25) is 5.02 Å². The first-order chi connectivity index (χ1) is 10.9. The van der Waals surface area contributed by atoms with Crippen molar-refractivity contribution in [3.63, 3.8) is 0 Å². The van der Waals surface area contributed by atoms with Crippen molar-refractivity contribution < 1.29 is 14.3 Å². The molecule has 1 aliphatic carbocycles. The summed E-state index contributed by atoms with van der Waals surface area (Å²) in [7, 11) is 0.